The van der Waals surface area contributed by atoms with Gasteiger partial charge in [0, 0.05) is 88.8 Å². The summed E-state index contributed by atoms with van der Waals surface area (Å²) in [5, 5.41) is 8.19. The summed E-state index contributed by atoms with van der Waals surface area (Å²) in [6, 6.07) is 15.0. The van der Waals surface area contributed by atoms with E-state index in [9.17, 15) is 33.2 Å². The third kappa shape index (κ3) is 21.2. The first-order valence-corrected chi connectivity index (χ1v) is 27.8. The van der Waals surface area contributed by atoms with Crippen molar-refractivity contribution in [3.63, 3.8) is 0 Å². The lowest BCUT2D eigenvalue weighted by Gasteiger charge is -2.41. The zero-order valence-electron chi connectivity index (χ0n) is 42.0. The van der Waals surface area contributed by atoms with E-state index in [0.717, 1.165) is 46.9 Å². The molecule has 3 aromatic rings. The maximum absolute atomic E-state index is 15.3. The van der Waals surface area contributed by atoms with Gasteiger partial charge in [-0.15, -0.1) is 0 Å². The molecule has 1 aliphatic rings. The minimum atomic E-state index is -1.41. The number of carbonyl (C=O) groups is 6. The largest absolute Gasteiger partial charge is 0.450 e. The molecular weight excluding hydrogens is 939 g/mol. The van der Waals surface area contributed by atoms with Gasteiger partial charge >= 0.3 is 6.09 Å². The van der Waals surface area contributed by atoms with Gasteiger partial charge in [-0.1, -0.05) is 70.7 Å². The number of amides is 6. The smallest absolute Gasteiger partial charge is 0.407 e. The number of ether oxygens (including phenoxy) is 5. The molecule has 0 spiro atoms. The topological polar surface area (TPSA) is 196 Å². The van der Waals surface area contributed by atoms with E-state index in [4.69, 9.17) is 23.7 Å². The number of aromatic nitrogens is 1. The van der Waals surface area contributed by atoms with Crippen LogP contribution < -0.4 is 16.0 Å². The highest BCUT2D eigenvalue weighted by atomic mass is 28.3. The molecule has 20 heteroatoms. The molecule has 0 radical (unpaired) electrons. The van der Waals surface area contributed by atoms with Gasteiger partial charge in [0.1, 0.15) is 18.2 Å². The van der Waals surface area contributed by atoms with Crippen molar-refractivity contribution in [1.82, 2.24) is 30.3 Å². The van der Waals surface area contributed by atoms with Crippen molar-refractivity contribution in [3.05, 3.63) is 95.8 Å². The monoisotopic (exact) mass is 1010 g/mol. The fourth-order valence-electron chi connectivity index (χ4n) is 7.48. The first-order chi connectivity index (χ1) is 33.8. The number of hydrogen-bond acceptors (Lipinski definition) is 11. The molecule has 4 rings (SSSR count). The number of rotatable bonds is 32. The molecule has 1 atom stereocenters. The Hall–Kier alpha value is -5.80. The number of hydrogen-bond donors (Lipinski definition) is 3. The van der Waals surface area contributed by atoms with Crippen molar-refractivity contribution in [2.24, 2.45) is 5.41 Å². The second-order valence-electron chi connectivity index (χ2n) is 19.2. The molecule has 390 valence electrons. The molecule has 17 nitrogen and oxygen atoms in total. The molecule has 2 heterocycles. The maximum Gasteiger partial charge on any atom is 0.407 e. The van der Waals surface area contributed by atoms with Crippen molar-refractivity contribution in [2.45, 2.75) is 78.3 Å². The standard InChI is InChI=1S/C51H72F2N6O11Si/c1-51(2,3)49(43-33-39(41-34-40(52)13-14-42(41)53)36-57(43)35-38-11-8-7-9-12-38)58(22-10-19-56-50(65)70-31-32-71(4,5)6)46(62)16-15-44(60)54-20-23-66-25-27-68-29-30-69-28-26-67-24-21-55-45(61)37-59-47(63)17-18-48(59)64/h7-9,11-14,17-18,33-34,36,49H,10,15-16,19-32,35,37H2,1-6H3,(H,54,60)(H,55,61)(H,56,65)/t49-/m0/s1. The SMILES string of the molecule is CC(C)(C)[C@H](c1cc(-c2cc(F)ccc2F)cn1Cc1ccccc1)N(CCCNC(=O)OCC[Si](C)(C)C)C(=O)CCC(=O)NCCOCCOCCOCCOCCNC(=O)CN1C(=O)C=CC1=O. The number of nitrogens with zero attached hydrogens (tertiary/aromatic N) is 3. The summed E-state index contributed by atoms with van der Waals surface area (Å²) in [5.74, 6) is -3.29. The van der Waals surface area contributed by atoms with Gasteiger partial charge in [0.2, 0.25) is 17.7 Å². The van der Waals surface area contributed by atoms with Crippen LogP contribution >= 0.6 is 0 Å². The van der Waals surface area contributed by atoms with Gasteiger partial charge < -0.3 is 49.1 Å². The number of halogens is 2. The number of alkyl carbamates (subject to hydrolysis) is 1. The summed E-state index contributed by atoms with van der Waals surface area (Å²) in [4.78, 5) is 77.6. The van der Waals surface area contributed by atoms with E-state index >= 15 is 4.39 Å². The average Bonchev–Trinajstić information content (AvgIpc) is 3.86. The Labute approximate surface area is 416 Å². The molecule has 6 amide bonds. The molecular formula is C51H72F2N6O11Si. The number of nitrogens with one attached hydrogen (secondary N) is 3. The predicted octanol–water partition coefficient (Wildman–Crippen LogP) is 5.86. The summed E-state index contributed by atoms with van der Waals surface area (Å²) in [6.45, 7) is 16.2. The van der Waals surface area contributed by atoms with E-state index in [0.29, 0.717) is 63.9 Å². The summed E-state index contributed by atoms with van der Waals surface area (Å²) >= 11 is 0. The van der Waals surface area contributed by atoms with Crippen molar-refractivity contribution in [2.75, 3.05) is 92.2 Å². The van der Waals surface area contributed by atoms with Crippen LogP contribution in [-0.4, -0.2) is 150 Å². The maximum atomic E-state index is 15.3. The third-order valence-electron chi connectivity index (χ3n) is 11.0. The quantitative estimate of drug-likeness (QED) is 0.0386. The van der Waals surface area contributed by atoms with Crippen LogP contribution in [0.3, 0.4) is 0 Å². The Kier molecular flexibility index (Phi) is 24.0. The zero-order chi connectivity index (χ0) is 51.8. The number of benzene rings is 2. The summed E-state index contributed by atoms with van der Waals surface area (Å²) in [6.07, 6.45) is 3.66. The van der Waals surface area contributed by atoms with Gasteiger partial charge in [0.15, 0.2) is 0 Å². The van der Waals surface area contributed by atoms with Crippen LogP contribution in [-0.2, 0) is 54.2 Å². The summed E-state index contributed by atoms with van der Waals surface area (Å²) < 4.78 is 59.2. The van der Waals surface area contributed by atoms with Crippen molar-refractivity contribution in [1.29, 1.82) is 0 Å². The van der Waals surface area contributed by atoms with Crippen LogP contribution in [0.4, 0.5) is 13.6 Å². The van der Waals surface area contributed by atoms with Gasteiger partial charge in [0.05, 0.1) is 65.5 Å². The van der Waals surface area contributed by atoms with Gasteiger partial charge in [-0.25, -0.2) is 13.6 Å². The molecule has 1 aromatic heterocycles. The Bertz CT molecular complexity index is 2210. The van der Waals surface area contributed by atoms with E-state index < -0.39 is 55.0 Å². The van der Waals surface area contributed by atoms with E-state index in [2.05, 4.69) is 35.6 Å². The second kappa shape index (κ2) is 29.5. The first-order valence-electron chi connectivity index (χ1n) is 24.1. The van der Waals surface area contributed by atoms with Gasteiger partial charge in [0.25, 0.3) is 11.8 Å². The number of carbonyl (C=O) groups excluding carboxylic acids is 6. The van der Waals surface area contributed by atoms with E-state index in [1.807, 2.05) is 55.7 Å². The molecule has 0 unspecified atom stereocenters. The third-order valence-corrected chi connectivity index (χ3v) is 12.8. The molecule has 0 saturated heterocycles. The molecule has 1 aliphatic heterocycles. The van der Waals surface area contributed by atoms with Crippen LogP contribution in [0.15, 0.2) is 72.9 Å². The zero-order valence-corrected chi connectivity index (χ0v) is 43.0. The van der Waals surface area contributed by atoms with Crippen molar-refractivity contribution >= 4 is 43.7 Å². The fourth-order valence-corrected chi connectivity index (χ4v) is 8.19. The van der Waals surface area contributed by atoms with Crippen LogP contribution in [0.2, 0.25) is 25.7 Å². The van der Waals surface area contributed by atoms with E-state index in [1.165, 1.54) is 0 Å². The Balaban J connectivity index is 1.25. The molecule has 2 aromatic carbocycles. The molecule has 71 heavy (non-hydrogen) atoms. The lowest BCUT2D eigenvalue weighted by Crippen LogP contribution is -2.44. The minimum Gasteiger partial charge on any atom is -0.450 e. The first kappa shape index (κ1) is 57.8. The lowest BCUT2D eigenvalue weighted by atomic mass is 9.82. The minimum absolute atomic E-state index is 0.0894. The molecule has 0 aliphatic carbocycles. The number of imide groups is 1. The van der Waals surface area contributed by atoms with Gasteiger partial charge in [-0.3, -0.25) is 28.9 Å². The van der Waals surface area contributed by atoms with Crippen molar-refractivity contribution < 1.29 is 61.2 Å². The Morgan fingerprint density at radius 1 is 0.718 bits per heavy atom. The van der Waals surface area contributed by atoms with E-state index in [1.54, 1.807) is 17.2 Å². The molecule has 3 N–H and O–H groups in total. The van der Waals surface area contributed by atoms with Gasteiger partial charge in [-0.05, 0) is 47.7 Å². The Morgan fingerprint density at radius 3 is 1.90 bits per heavy atom. The summed E-state index contributed by atoms with van der Waals surface area (Å²) in [7, 11) is -1.41. The van der Waals surface area contributed by atoms with Crippen LogP contribution in [0.25, 0.3) is 11.1 Å². The summed E-state index contributed by atoms with van der Waals surface area (Å²) in [5.41, 5.74) is 1.60. The normalized spacial score (nSPS) is 13.1. The highest BCUT2D eigenvalue weighted by Crippen LogP contribution is 2.41. The van der Waals surface area contributed by atoms with Crippen molar-refractivity contribution in [3.8, 4) is 11.1 Å². The van der Waals surface area contributed by atoms with Crippen LogP contribution in [0.1, 0.15) is 57.3 Å². The highest BCUT2D eigenvalue weighted by molar-refractivity contribution is 6.76. The molecule has 0 saturated carbocycles. The lowest BCUT2D eigenvalue weighted by molar-refractivity contribution is -0.141. The van der Waals surface area contributed by atoms with Crippen LogP contribution in [0, 0.1) is 17.0 Å². The molecule has 0 fully saturated rings. The van der Waals surface area contributed by atoms with Gasteiger partial charge in [-0.2, -0.15) is 0 Å². The fraction of sp³-hybridized carbons (Fsp3) is 0.529. The predicted molar refractivity (Wildman–Crippen MR) is 266 cm³/mol. The second-order valence-corrected chi connectivity index (χ2v) is 24.8. The average molecular weight is 1010 g/mol. The Morgan fingerprint density at radius 2 is 1.31 bits per heavy atom. The molecule has 0 bridgehead atoms. The van der Waals surface area contributed by atoms with E-state index in [-0.39, 0.29) is 82.8 Å². The van der Waals surface area contributed by atoms with Crippen LogP contribution in [0.5, 0.6) is 0 Å². The highest BCUT2D eigenvalue weighted by Gasteiger charge is 2.37.